The van der Waals surface area contributed by atoms with E-state index in [0.717, 1.165) is 11.1 Å². The zero-order chi connectivity index (χ0) is 16.8. The van der Waals surface area contributed by atoms with Gasteiger partial charge in [-0.15, -0.1) is 0 Å². The zero-order valence-corrected chi connectivity index (χ0v) is 13.3. The molecule has 0 amide bonds. The molecular weight excluding hydrogens is 296 g/mol. The Balaban J connectivity index is 2.05. The van der Waals surface area contributed by atoms with Gasteiger partial charge in [-0.1, -0.05) is 17.7 Å². The van der Waals surface area contributed by atoms with E-state index < -0.39 is 11.9 Å². The third-order valence-electron chi connectivity index (χ3n) is 3.28. The standard InChI is InChI=1S/C18H18O5/c1-12-4-9-16(21-2)14(10-12)11-17(19)23-15-7-5-13(6-8-15)18(20)22-3/h4-10H,11H2,1-3H3. The summed E-state index contributed by atoms with van der Waals surface area (Å²) in [5.74, 6) is 0.176. The fourth-order valence-electron chi connectivity index (χ4n) is 2.15. The van der Waals surface area contributed by atoms with Crippen molar-refractivity contribution in [2.24, 2.45) is 0 Å². The minimum Gasteiger partial charge on any atom is -0.496 e. The fourth-order valence-corrected chi connectivity index (χ4v) is 2.15. The summed E-state index contributed by atoms with van der Waals surface area (Å²) in [6, 6.07) is 11.8. The first kappa shape index (κ1) is 16.5. The molecule has 23 heavy (non-hydrogen) atoms. The third kappa shape index (κ3) is 4.32. The Hall–Kier alpha value is -2.82. The average molecular weight is 314 g/mol. The van der Waals surface area contributed by atoms with E-state index in [4.69, 9.17) is 9.47 Å². The van der Waals surface area contributed by atoms with Crippen LogP contribution in [0.2, 0.25) is 0 Å². The van der Waals surface area contributed by atoms with Crippen molar-refractivity contribution >= 4 is 11.9 Å². The molecule has 0 aliphatic heterocycles. The van der Waals surface area contributed by atoms with Crippen LogP contribution in [-0.2, 0) is 16.0 Å². The molecule has 2 aromatic rings. The predicted octanol–water partition coefficient (Wildman–Crippen LogP) is 2.94. The van der Waals surface area contributed by atoms with E-state index in [2.05, 4.69) is 4.74 Å². The van der Waals surface area contributed by atoms with Crippen LogP contribution in [0.4, 0.5) is 0 Å². The fraction of sp³-hybridized carbons (Fsp3) is 0.222. The smallest absolute Gasteiger partial charge is 0.337 e. The number of rotatable bonds is 5. The van der Waals surface area contributed by atoms with Crippen LogP contribution in [0, 0.1) is 6.92 Å². The highest BCUT2D eigenvalue weighted by molar-refractivity contribution is 5.89. The van der Waals surface area contributed by atoms with Crippen LogP contribution >= 0.6 is 0 Å². The summed E-state index contributed by atoms with van der Waals surface area (Å²) >= 11 is 0. The van der Waals surface area contributed by atoms with Gasteiger partial charge in [0.15, 0.2) is 0 Å². The number of benzene rings is 2. The first-order valence-corrected chi connectivity index (χ1v) is 7.06. The van der Waals surface area contributed by atoms with Crippen molar-refractivity contribution in [3.05, 3.63) is 59.2 Å². The number of aryl methyl sites for hydroxylation is 1. The molecule has 2 aromatic carbocycles. The minimum atomic E-state index is -0.438. The molecule has 2 rings (SSSR count). The van der Waals surface area contributed by atoms with E-state index in [1.54, 1.807) is 31.4 Å². The van der Waals surface area contributed by atoms with E-state index in [0.29, 0.717) is 17.1 Å². The Morgan fingerprint density at radius 1 is 1.00 bits per heavy atom. The molecule has 0 aliphatic carbocycles. The van der Waals surface area contributed by atoms with Crippen molar-refractivity contribution in [3.8, 4) is 11.5 Å². The van der Waals surface area contributed by atoms with E-state index in [1.165, 1.54) is 7.11 Å². The van der Waals surface area contributed by atoms with Gasteiger partial charge in [-0.05, 0) is 37.3 Å². The van der Waals surface area contributed by atoms with Crippen molar-refractivity contribution in [2.75, 3.05) is 14.2 Å². The van der Waals surface area contributed by atoms with Crippen molar-refractivity contribution in [3.63, 3.8) is 0 Å². The number of carbonyl (C=O) groups is 2. The second-order valence-electron chi connectivity index (χ2n) is 4.98. The molecule has 5 nitrogen and oxygen atoms in total. The SMILES string of the molecule is COC(=O)c1ccc(OC(=O)Cc2cc(C)ccc2OC)cc1. The van der Waals surface area contributed by atoms with Crippen molar-refractivity contribution < 1.29 is 23.8 Å². The van der Waals surface area contributed by atoms with Crippen LogP contribution in [0.3, 0.4) is 0 Å². The Morgan fingerprint density at radius 2 is 1.70 bits per heavy atom. The summed E-state index contributed by atoms with van der Waals surface area (Å²) in [6.45, 7) is 1.94. The van der Waals surface area contributed by atoms with Gasteiger partial charge in [0.1, 0.15) is 11.5 Å². The summed E-state index contributed by atoms with van der Waals surface area (Å²) in [5, 5.41) is 0. The van der Waals surface area contributed by atoms with Gasteiger partial charge in [-0.2, -0.15) is 0 Å². The average Bonchev–Trinajstić information content (AvgIpc) is 2.55. The second-order valence-corrected chi connectivity index (χ2v) is 4.98. The molecule has 0 heterocycles. The number of methoxy groups -OCH3 is 2. The zero-order valence-electron chi connectivity index (χ0n) is 13.3. The van der Waals surface area contributed by atoms with E-state index in [-0.39, 0.29) is 6.42 Å². The molecule has 0 aromatic heterocycles. The number of esters is 2. The number of ether oxygens (including phenoxy) is 3. The third-order valence-corrected chi connectivity index (χ3v) is 3.28. The molecule has 120 valence electrons. The maximum Gasteiger partial charge on any atom is 0.337 e. The Morgan fingerprint density at radius 3 is 2.30 bits per heavy atom. The monoisotopic (exact) mass is 314 g/mol. The molecule has 0 atom stereocenters. The van der Waals surface area contributed by atoms with Crippen molar-refractivity contribution in [1.29, 1.82) is 0 Å². The molecule has 0 radical (unpaired) electrons. The molecule has 0 fully saturated rings. The highest BCUT2D eigenvalue weighted by Crippen LogP contribution is 2.21. The number of hydrogen-bond acceptors (Lipinski definition) is 5. The molecule has 0 bridgehead atoms. The highest BCUT2D eigenvalue weighted by Gasteiger charge is 2.12. The maximum absolute atomic E-state index is 12.1. The van der Waals surface area contributed by atoms with Gasteiger partial charge in [0.2, 0.25) is 0 Å². The molecule has 0 spiro atoms. The summed E-state index contributed by atoms with van der Waals surface area (Å²) in [7, 11) is 2.87. The van der Waals surface area contributed by atoms with Gasteiger partial charge in [-0.25, -0.2) is 4.79 Å². The Kier molecular flexibility index (Phi) is 5.36. The van der Waals surface area contributed by atoms with E-state index in [1.807, 2.05) is 25.1 Å². The lowest BCUT2D eigenvalue weighted by Crippen LogP contribution is -2.12. The predicted molar refractivity (Wildman–Crippen MR) is 84.9 cm³/mol. The summed E-state index contributed by atoms with van der Waals surface area (Å²) < 4.78 is 15.1. The lowest BCUT2D eigenvalue weighted by Gasteiger charge is -2.09. The quantitative estimate of drug-likeness (QED) is 0.627. The van der Waals surface area contributed by atoms with Crippen LogP contribution < -0.4 is 9.47 Å². The van der Waals surface area contributed by atoms with Gasteiger partial charge in [0, 0.05) is 5.56 Å². The first-order valence-electron chi connectivity index (χ1n) is 7.06. The van der Waals surface area contributed by atoms with Crippen molar-refractivity contribution in [2.45, 2.75) is 13.3 Å². The molecule has 0 N–H and O–H groups in total. The van der Waals surface area contributed by atoms with Crippen LogP contribution in [0.25, 0.3) is 0 Å². The molecule has 0 saturated carbocycles. The lowest BCUT2D eigenvalue weighted by atomic mass is 10.1. The highest BCUT2D eigenvalue weighted by atomic mass is 16.5. The molecular formula is C18H18O5. The first-order chi connectivity index (χ1) is 11.0. The van der Waals surface area contributed by atoms with Crippen LogP contribution in [0.1, 0.15) is 21.5 Å². The van der Waals surface area contributed by atoms with E-state index >= 15 is 0 Å². The van der Waals surface area contributed by atoms with Gasteiger partial charge in [0.25, 0.3) is 0 Å². The summed E-state index contributed by atoms with van der Waals surface area (Å²) in [6.07, 6.45) is 0.101. The van der Waals surface area contributed by atoms with Crippen LogP contribution in [0.15, 0.2) is 42.5 Å². The summed E-state index contributed by atoms with van der Waals surface area (Å²) in [4.78, 5) is 23.4. The van der Waals surface area contributed by atoms with Gasteiger partial charge in [-0.3, -0.25) is 4.79 Å². The Labute approximate surface area is 134 Å². The topological polar surface area (TPSA) is 61.8 Å². The van der Waals surface area contributed by atoms with Gasteiger partial charge >= 0.3 is 11.9 Å². The van der Waals surface area contributed by atoms with Gasteiger partial charge in [0.05, 0.1) is 26.2 Å². The second kappa shape index (κ2) is 7.45. The molecule has 5 heteroatoms. The molecule has 0 unspecified atom stereocenters. The maximum atomic E-state index is 12.1. The van der Waals surface area contributed by atoms with Crippen LogP contribution in [-0.4, -0.2) is 26.2 Å². The normalized spacial score (nSPS) is 10.0. The minimum absolute atomic E-state index is 0.101. The molecule has 0 saturated heterocycles. The Bertz CT molecular complexity index is 704. The number of carbonyl (C=O) groups excluding carboxylic acids is 2. The number of hydrogen-bond donors (Lipinski definition) is 0. The summed E-state index contributed by atoms with van der Waals surface area (Å²) in [5.41, 5.74) is 2.20. The van der Waals surface area contributed by atoms with E-state index in [9.17, 15) is 9.59 Å². The molecule has 0 aliphatic rings. The van der Waals surface area contributed by atoms with Crippen molar-refractivity contribution in [1.82, 2.24) is 0 Å². The largest absolute Gasteiger partial charge is 0.496 e. The van der Waals surface area contributed by atoms with Crippen LogP contribution in [0.5, 0.6) is 11.5 Å². The lowest BCUT2D eigenvalue weighted by molar-refractivity contribution is -0.133. The van der Waals surface area contributed by atoms with Gasteiger partial charge < -0.3 is 14.2 Å².